The average molecular weight is 352 g/mol. The summed E-state index contributed by atoms with van der Waals surface area (Å²) in [6.45, 7) is 2.40. The minimum atomic E-state index is -0.703. The number of rotatable bonds is 7. The monoisotopic (exact) mass is 352 g/mol. The van der Waals surface area contributed by atoms with Crippen molar-refractivity contribution in [3.63, 3.8) is 0 Å². The van der Waals surface area contributed by atoms with E-state index in [1.54, 1.807) is 36.3 Å². The minimum absolute atomic E-state index is 0.172. The van der Waals surface area contributed by atoms with Crippen LogP contribution in [0.4, 0.5) is 0 Å². The summed E-state index contributed by atoms with van der Waals surface area (Å²) >= 11 is 0. The molecule has 0 saturated heterocycles. The molecule has 6 nitrogen and oxygen atoms in total. The SMILES string of the molecule is CC(NC(=O)c1ccco1)C(=O)N(Cc1ccccc1)Cc1ccco1. The van der Waals surface area contributed by atoms with Crippen LogP contribution in [0.1, 0.15) is 28.8 Å². The lowest BCUT2D eigenvalue weighted by Gasteiger charge is -2.25. The highest BCUT2D eigenvalue weighted by atomic mass is 16.3. The summed E-state index contributed by atoms with van der Waals surface area (Å²) in [5, 5.41) is 2.67. The fourth-order valence-corrected chi connectivity index (χ4v) is 2.62. The van der Waals surface area contributed by atoms with Crippen molar-refractivity contribution < 1.29 is 18.4 Å². The van der Waals surface area contributed by atoms with Gasteiger partial charge < -0.3 is 19.1 Å². The smallest absolute Gasteiger partial charge is 0.287 e. The van der Waals surface area contributed by atoms with Crippen LogP contribution in [-0.4, -0.2) is 22.8 Å². The lowest BCUT2D eigenvalue weighted by molar-refractivity contribution is -0.134. The molecule has 2 heterocycles. The Kier molecular flexibility index (Phi) is 5.53. The van der Waals surface area contributed by atoms with Gasteiger partial charge in [-0.05, 0) is 36.8 Å². The normalized spacial score (nSPS) is 11.7. The first-order chi connectivity index (χ1) is 12.6. The Morgan fingerprint density at radius 3 is 2.35 bits per heavy atom. The Labute approximate surface area is 151 Å². The van der Waals surface area contributed by atoms with Crippen LogP contribution in [-0.2, 0) is 17.9 Å². The van der Waals surface area contributed by atoms with Gasteiger partial charge in [-0.2, -0.15) is 0 Å². The molecule has 0 aliphatic carbocycles. The molecule has 2 aromatic heterocycles. The average Bonchev–Trinajstić information content (AvgIpc) is 3.35. The van der Waals surface area contributed by atoms with Crippen molar-refractivity contribution in [2.24, 2.45) is 0 Å². The van der Waals surface area contributed by atoms with E-state index in [-0.39, 0.29) is 11.7 Å². The van der Waals surface area contributed by atoms with Gasteiger partial charge in [-0.25, -0.2) is 0 Å². The number of nitrogens with one attached hydrogen (secondary N) is 1. The molecule has 1 N–H and O–H groups in total. The van der Waals surface area contributed by atoms with Crippen molar-refractivity contribution in [2.75, 3.05) is 0 Å². The summed E-state index contributed by atoms with van der Waals surface area (Å²) in [5.41, 5.74) is 0.997. The summed E-state index contributed by atoms with van der Waals surface area (Å²) in [6, 6.07) is 15.8. The van der Waals surface area contributed by atoms with Crippen LogP contribution >= 0.6 is 0 Å². The van der Waals surface area contributed by atoms with Crippen molar-refractivity contribution in [1.82, 2.24) is 10.2 Å². The van der Waals surface area contributed by atoms with Crippen LogP contribution in [0, 0.1) is 0 Å². The van der Waals surface area contributed by atoms with E-state index < -0.39 is 11.9 Å². The summed E-state index contributed by atoms with van der Waals surface area (Å²) < 4.78 is 10.4. The van der Waals surface area contributed by atoms with Crippen LogP contribution in [0.25, 0.3) is 0 Å². The number of furan rings is 2. The molecule has 1 aromatic carbocycles. The van der Waals surface area contributed by atoms with Crippen LogP contribution in [0.15, 0.2) is 76.0 Å². The first-order valence-corrected chi connectivity index (χ1v) is 8.33. The first kappa shape index (κ1) is 17.5. The van der Waals surface area contributed by atoms with Gasteiger partial charge in [-0.15, -0.1) is 0 Å². The Morgan fingerprint density at radius 2 is 1.69 bits per heavy atom. The third-order valence-corrected chi connectivity index (χ3v) is 3.92. The zero-order valence-corrected chi connectivity index (χ0v) is 14.4. The second-order valence-corrected chi connectivity index (χ2v) is 5.93. The van der Waals surface area contributed by atoms with Crippen molar-refractivity contribution in [1.29, 1.82) is 0 Å². The van der Waals surface area contributed by atoms with Gasteiger partial charge in [0.05, 0.1) is 19.1 Å². The molecule has 0 aliphatic heterocycles. The summed E-state index contributed by atoms with van der Waals surface area (Å²) in [4.78, 5) is 26.7. The van der Waals surface area contributed by atoms with Gasteiger partial charge in [-0.1, -0.05) is 30.3 Å². The maximum Gasteiger partial charge on any atom is 0.287 e. The molecule has 3 aromatic rings. The molecule has 3 rings (SSSR count). The van der Waals surface area contributed by atoms with Gasteiger partial charge in [0, 0.05) is 6.54 Å². The second kappa shape index (κ2) is 8.20. The minimum Gasteiger partial charge on any atom is -0.467 e. The quantitative estimate of drug-likeness (QED) is 0.708. The molecule has 0 bridgehead atoms. The van der Waals surface area contributed by atoms with Crippen LogP contribution in [0.2, 0.25) is 0 Å². The Hall–Kier alpha value is -3.28. The Balaban J connectivity index is 1.71. The standard InChI is InChI=1S/C20H20N2O4/c1-15(21-19(23)18-10-6-12-26-18)20(24)22(14-17-9-5-11-25-17)13-16-7-3-2-4-8-16/h2-12,15H,13-14H2,1H3,(H,21,23). The topological polar surface area (TPSA) is 75.7 Å². The zero-order valence-electron chi connectivity index (χ0n) is 14.4. The van der Waals surface area contributed by atoms with Crippen molar-refractivity contribution >= 4 is 11.8 Å². The maximum absolute atomic E-state index is 12.9. The fraction of sp³-hybridized carbons (Fsp3) is 0.200. The van der Waals surface area contributed by atoms with Gasteiger partial charge in [0.15, 0.2) is 5.76 Å². The maximum atomic E-state index is 12.9. The zero-order chi connectivity index (χ0) is 18.4. The molecule has 1 atom stereocenters. The molecule has 0 aliphatic rings. The highest BCUT2D eigenvalue weighted by Gasteiger charge is 2.24. The van der Waals surface area contributed by atoms with E-state index in [1.165, 1.54) is 6.26 Å². The highest BCUT2D eigenvalue weighted by Crippen LogP contribution is 2.12. The highest BCUT2D eigenvalue weighted by molar-refractivity contribution is 5.95. The van der Waals surface area contributed by atoms with Crippen molar-refractivity contribution in [3.05, 3.63) is 84.2 Å². The third-order valence-electron chi connectivity index (χ3n) is 3.92. The lowest BCUT2D eigenvalue weighted by atomic mass is 10.2. The molecular weight excluding hydrogens is 332 g/mol. The van der Waals surface area contributed by atoms with E-state index in [4.69, 9.17) is 8.83 Å². The first-order valence-electron chi connectivity index (χ1n) is 8.33. The van der Waals surface area contributed by atoms with E-state index >= 15 is 0 Å². The molecule has 0 spiro atoms. The number of hydrogen-bond donors (Lipinski definition) is 1. The number of carbonyl (C=O) groups excluding carboxylic acids is 2. The van der Waals surface area contributed by atoms with Crippen LogP contribution < -0.4 is 5.32 Å². The molecule has 1 unspecified atom stereocenters. The number of amides is 2. The van der Waals surface area contributed by atoms with Crippen molar-refractivity contribution in [3.8, 4) is 0 Å². The Bertz CT molecular complexity index is 826. The van der Waals surface area contributed by atoms with Gasteiger partial charge in [0.2, 0.25) is 5.91 Å². The predicted octanol–water partition coefficient (Wildman–Crippen LogP) is 3.22. The summed E-state index contributed by atoms with van der Waals surface area (Å²) in [6.07, 6.45) is 2.99. The lowest BCUT2D eigenvalue weighted by Crippen LogP contribution is -2.46. The summed E-state index contributed by atoms with van der Waals surface area (Å²) in [7, 11) is 0. The van der Waals surface area contributed by atoms with Crippen LogP contribution in [0.5, 0.6) is 0 Å². The van der Waals surface area contributed by atoms with Crippen molar-refractivity contribution in [2.45, 2.75) is 26.1 Å². The van der Waals surface area contributed by atoms with Crippen LogP contribution in [0.3, 0.4) is 0 Å². The third kappa shape index (κ3) is 4.42. The largest absolute Gasteiger partial charge is 0.467 e. The van der Waals surface area contributed by atoms with E-state index in [9.17, 15) is 9.59 Å². The molecule has 134 valence electrons. The Morgan fingerprint density at radius 1 is 0.962 bits per heavy atom. The molecule has 0 saturated carbocycles. The molecule has 2 amide bonds. The van der Waals surface area contributed by atoms with Gasteiger partial charge >= 0.3 is 0 Å². The molecule has 0 fully saturated rings. The van der Waals surface area contributed by atoms with E-state index in [2.05, 4.69) is 5.32 Å². The molecule has 26 heavy (non-hydrogen) atoms. The van der Waals surface area contributed by atoms with Gasteiger partial charge in [0.1, 0.15) is 11.8 Å². The fourth-order valence-electron chi connectivity index (χ4n) is 2.62. The molecule has 0 radical (unpaired) electrons. The van der Waals surface area contributed by atoms with E-state index in [0.29, 0.717) is 18.8 Å². The number of benzene rings is 1. The predicted molar refractivity (Wildman–Crippen MR) is 95.0 cm³/mol. The number of nitrogens with zero attached hydrogens (tertiary/aromatic N) is 1. The number of hydrogen-bond acceptors (Lipinski definition) is 4. The molecular formula is C20H20N2O4. The second-order valence-electron chi connectivity index (χ2n) is 5.93. The van der Waals surface area contributed by atoms with Gasteiger partial charge in [0.25, 0.3) is 5.91 Å². The van der Waals surface area contributed by atoms with E-state index in [1.807, 2.05) is 36.4 Å². The molecule has 6 heteroatoms. The van der Waals surface area contributed by atoms with E-state index in [0.717, 1.165) is 5.56 Å². The number of carbonyl (C=O) groups is 2. The van der Waals surface area contributed by atoms with Gasteiger partial charge in [-0.3, -0.25) is 9.59 Å². The summed E-state index contributed by atoms with van der Waals surface area (Å²) in [5.74, 6) is 0.225.